The maximum atomic E-state index is 12.9. The Hall–Kier alpha value is -2.37. The summed E-state index contributed by atoms with van der Waals surface area (Å²) in [6, 6.07) is 7.11. The summed E-state index contributed by atoms with van der Waals surface area (Å²) in [5.41, 5.74) is 0.662. The van der Waals surface area contributed by atoms with E-state index in [1.54, 1.807) is 6.92 Å². The number of benzene rings is 1. The number of aryl methyl sites for hydroxylation is 1. The van der Waals surface area contributed by atoms with Crippen LogP contribution in [-0.4, -0.2) is 35.3 Å². The first-order valence-electron chi connectivity index (χ1n) is 9.41. The first kappa shape index (κ1) is 18.4. The second-order valence-corrected chi connectivity index (χ2v) is 7.57. The number of urea groups is 1. The van der Waals surface area contributed by atoms with E-state index in [0.717, 1.165) is 36.1 Å². The molecule has 1 aromatic rings. The van der Waals surface area contributed by atoms with Crippen molar-refractivity contribution in [1.82, 2.24) is 15.5 Å². The van der Waals surface area contributed by atoms with Gasteiger partial charge in [0.05, 0.1) is 0 Å². The molecule has 2 N–H and O–H groups in total. The molecule has 26 heavy (non-hydrogen) atoms. The van der Waals surface area contributed by atoms with E-state index < -0.39 is 11.6 Å². The summed E-state index contributed by atoms with van der Waals surface area (Å²) in [5, 5.41) is 5.73. The van der Waals surface area contributed by atoms with Crippen molar-refractivity contribution >= 4 is 17.8 Å². The Morgan fingerprint density at radius 3 is 2.38 bits per heavy atom. The molecule has 1 aliphatic carbocycles. The van der Waals surface area contributed by atoms with Crippen LogP contribution in [0.4, 0.5) is 4.79 Å². The van der Waals surface area contributed by atoms with E-state index in [1.807, 2.05) is 31.2 Å². The van der Waals surface area contributed by atoms with Gasteiger partial charge in [0, 0.05) is 6.04 Å². The van der Waals surface area contributed by atoms with Gasteiger partial charge in [0.25, 0.3) is 5.91 Å². The zero-order chi connectivity index (χ0) is 18.7. The lowest BCUT2D eigenvalue weighted by Gasteiger charge is -2.23. The lowest BCUT2D eigenvalue weighted by Crippen LogP contribution is -2.45. The summed E-state index contributed by atoms with van der Waals surface area (Å²) >= 11 is 0. The van der Waals surface area contributed by atoms with E-state index in [1.165, 1.54) is 12.8 Å². The van der Waals surface area contributed by atoms with Gasteiger partial charge < -0.3 is 10.6 Å². The lowest BCUT2D eigenvalue weighted by molar-refractivity contribution is -0.135. The van der Waals surface area contributed by atoms with Crippen molar-refractivity contribution in [2.45, 2.75) is 64.0 Å². The number of nitrogens with one attached hydrogen (secondary N) is 2. The van der Waals surface area contributed by atoms with Crippen molar-refractivity contribution in [3.63, 3.8) is 0 Å². The van der Waals surface area contributed by atoms with Crippen LogP contribution in [0.1, 0.15) is 56.6 Å². The zero-order valence-corrected chi connectivity index (χ0v) is 15.5. The van der Waals surface area contributed by atoms with Crippen molar-refractivity contribution < 1.29 is 14.4 Å². The summed E-state index contributed by atoms with van der Waals surface area (Å²) in [6.45, 7) is 3.41. The predicted octanol–water partition coefficient (Wildman–Crippen LogP) is 2.60. The van der Waals surface area contributed by atoms with Gasteiger partial charge in [-0.3, -0.25) is 14.5 Å². The van der Waals surface area contributed by atoms with Crippen LogP contribution in [0.5, 0.6) is 0 Å². The molecule has 1 saturated heterocycles. The van der Waals surface area contributed by atoms with Crippen LogP contribution in [0.15, 0.2) is 24.3 Å². The fraction of sp³-hybridized carbons (Fsp3) is 0.550. The fourth-order valence-electron chi connectivity index (χ4n) is 3.76. The molecule has 1 saturated carbocycles. The molecule has 1 unspecified atom stereocenters. The smallest absolute Gasteiger partial charge is 0.325 e. The Morgan fingerprint density at radius 2 is 1.77 bits per heavy atom. The maximum absolute atomic E-state index is 12.9. The number of hydrogen-bond donors (Lipinski definition) is 2. The summed E-state index contributed by atoms with van der Waals surface area (Å²) in [5.74, 6) is -0.657. The molecule has 4 amide bonds. The Morgan fingerprint density at radius 1 is 1.15 bits per heavy atom. The van der Waals surface area contributed by atoms with Crippen LogP contribution < -0.4 is 10.6 Å². The largest absolute Gasteiger partial charge is 0.352 e. The highest BCUT2D eigenvalue weighted by Gasteiger charge is 2.49. The third kappa shape index (κ3) is 3.74. The van der Waals surface area contributed by atoms with Gasteiger partial charge in [-0.1, -0.05) is 55.5 Å². The van der Waals surface area contributed by atoms with E-state index in [4.69, 9.17) is 0 Å². The monoisotopic (exact) mass is 357 g/mol. The zero-order valence-electron chi connectivity index (χ0n) is 15.5. The molecule has 1 aromatic carbocycles. The van der Waals surface area contributed by atoms with Crippen molar-refractivity contribution in [2.75, 3.05) is 6.54 Å². The second-order valence-electron chi connectivity index (χ2n) is 7.57. The number of hydrogen-bond acceptors (Lipinski definition) is 3. The first-order valence-corrected chi connectivity index (χ1v) is 9.41. The minimum Gasteiger partial charge on any atom is -0.352 e. The Bertz CT molecular complexity index is 693. The van der Waals surface area contributed by atoms with Gasteiger partial charge in [0.15, 0.2) is 0 Å². The normalized spacial score (nSPS) is 24.3. The predicted molar refractivity (Wildman–Crippen MR) is 98.4 cm³/mol. The molecule has 3 rings (SSSR count). The maximum Gasteiger partial charge on any atom is 0.325 e. The molecule has 6 heteroatoms. The van der Waals surface area contributed by atoms with Crippen LogP contribution in [0.3, 0.4) is 0 Å². The van der Waals surface area contributed by atoms with Crippen LogP contribution >= 0.6 is 0 Å². The minimum atomic E-state index is -1.13. The summed E-state index contributed by atoms with van der Waals surface area (Å²) in [7, 11) is 0. The minimum absolute atomic E-state index is 0.147. The van der Waals surface area contributed by atoms with E-state index in [9.17, 15) is 14.4 Å². The second kappa shape index (κ2) is 7.48. The fourth-order valence-corrected chi connectivity index (χ4v) is 3.76. The first-order chi connectivity index (χ1) is 12.4. The lowest BCUT2D eigenvalue weighted by atomic mass is 9.91. The number of rotatable bonds is 4. The molecular weight excluding hydrogens is 330 g/mol. The third-order valence-corrected chi connectivity index (χ3v) is 5.43. The van der Waals surface area contributed by atoms with Crippen LogP contribution in [0.25, 0.3) is 0 Å². The molecule has 2 aliphatic rings. The van der Waals surface area contributed by atoms with Gasteiger partial charge in [-0.15, -0.1) is 0 Å². The Kier molecular flexibility index (Phi) is 5.30. The van der Waals surface area contributed by atoms with Gasteiger partial charge in [0.2, 0.25) is 5.91 Å². The van der Waals surface area contributed by atoms with Crippen LogP contribution in [-0.2, 0) is 15.1 Å². The average Bonchev–Trinajstić information content (AvgIpc) is 2.79. The molecule has 1 heterocycles. The molecule has 0 aromatic heterocycles. The van der Waals surface area contributed by atoms with Gasteiger partial charge in [-0.2, -0.15) is 0 Å². The summed E-state index contributed by atoms with van der Waals surface area (Å²) in [4.78, 5) is 38.6. The highest BCUT2D eigenvalue weighted by Crippen LogP contribution is 2.29. The van der Waals surface area contributed by atoms with Crippen molar-refractivity contribution in [2.24, 2.45) is 0 Å². The van der Waals surface area contributed by atoms with E-state index in [0.29, 0.717) is 5.56 Å². The quantitative estimate of drug-likeness (QED) is 0.642. The molecule has 0 radical (unpaired) electrons. The van der Waals surface area contributed by atoms with E-state index in [2.05, 4.69) is 10.6 Å². The number of carbonyl (C=O) groups is 3. The molecule has 0 spiro atoms. The van der Waals surface area contributed by atoms with Gasteiger partial charge in [-0.05, 0) is 32.3 Å². The molecule has 1 atom stereocenters. The molecule has 140 valence electrons. The number of nitrogens with zero attached hydrogens (tertiary/aromatic N) is 1. The topological polar surface area (TPSA) is 78.5 Å². The van der Waals surface area contributed by atoms with Gasteiger partial charge >= 0.3 is 6.03 Å². The summed E-state index contributed by atoms with van der Waals surface area (Å²) < 4.78 is 0. The van der Waals surface area contributed by atoms with Gasteiger partial charge in [-0.25, -0.2) is 4.79 Å². The van der Waals surface area contributed by atoms with Crippen molar-refractivity contribution in [1.29, 1.82) is 0 Å². The van der Waals surface area contributed by atoms with E-state index >= 15 is 0 Å². The van der Waals surface area contributed by atoms with E-state index in [-0.39, 0.29) is 24.4 Å². The molecule has 2 fully saturated rings. The number of carbonyl (C=O) groups excluding carboxylic acids is 3. The van der Waals surface area contributed by atoms with Crippen LogP contribution in [0.2, 0.25) is 0 Å². The summed E-state index contributed by atoms with van der Waals surface area (Å²) in [6.07, 6.45) is 6.56. The molecule has 1 aliphatic heterocycles. The average molecular weight is 357 g/mol. The standard InChI is InChI=1S/C20H27N3O3/c1-14-9-11-15(12-10-14)20(2)18(25)23(19(26)22-20)13-17(24)21-16-7-5-3-4-6-8-16/h9-12,16H,3-8,13H2,1-2H3,(H,21,24)(H,22,26). The molecule has 0 bridgehead atoms. The number of imide groups is 1. The Labute approximate surface area is 154 Å². The highest BCUT2D eigenvalue weighted by atomic mass is 16.2. The van der Waals surface area contributed by atoms with Crippen molar-refractivity contribution in [3.05, 3.63) is 35.4 Å². The Balaban J connectivity index is 1.66. The SMILES string of the molecule is Cc1ccc(C2(C)NC(=O)N(CC(=O)NC3CCCCCC3)C2=O)cc1. The van der Waals surface area contributed by atoms with Crippen molar-refractivity contribution in [3.8, 4) is 0 Å². The molecule has 6 nitrogen and oxygen atoms in total. The third-order valence-electron chi connectivity index (χ3n) is 5.43. The highest BCUT2D eigenvalue weighted by molar-refractivity contribution is 6.09. The van der Waals surface area contributed by atoms with Gasteiger partial charge in [0.1, 0.15) is 12.1 Å². The van der Waals surface area contributed by atoms with Crippen LogP contribution in [0, 0.1) is 6.92 Å². The molecular formula is C20H27N3O3. The number of amides is 4.